The van der Waals surface area contributed by atoms with Crippen molar-refractivity contribution in [3.05, 3.63) is 29.3 Å². The Morgan fingerprint density at radius 1 is 1.22 bits per heavy atom. The minimum atomic E-state index is 0.322. The van der Waals surface area contributed by atoms with Gasteiger partial charge in [-0.15, -0.1) is 11.3 Å². The SMILES string of the molecule is C[C@H](c1nc2ccccc2s1)N1CCN(C(=O)C2CCC2)CC1. The predicted octanol–water partition coefficient (Wildman–Crippen LogP) is 3.30. The molecule has 0 spiro atoms. The van der Waals surface area contributed by atoms with Gasteiger partial charge in [-0.2, -0.15) is 0 Å². The molecule has 1 saturated carbocycles. The van der Waals surface area contributed by atoms with E-state index >= 15 is 0 Å². The topological polar surface area (TPSA) is 36.4 Å². The van der Waals surface area contributed by atoms with E-state index in [9.17, 15) is 4.79 Å². The number of carbonyl (C=O) groups is 1. The van der Waals surface area contributed by atoms with Gasteiger partial charge in [-0.1, -0.05) is 18.6 Å². The summed E-state index contributed by atoms with van der Waals surface area (Å²) in [5.41, 5.74) is 1.10. The lowest BCUT2D eigenvalue weighted by Gasteiger charge is -2.40. The highest BCUT2D eigenvalue weighted by molar-refractivity contribution is 7.18. The zero-order valence-corrected chi connectivity index (χ0v) is 14.4. The third-order valence-electron chi connectivity index (χ3n) is 5.30. The van der Waals surface area contributed by atoms with Crippen molar-refractivity contribution in [3.63, 3.8) is 0 Å². The second kappa shape index (κ2) is 6.21. The minimum absolute atomic E-state index is 0.322. The molecule has 5 heteroatoms. The largest absolute Gasteiger partial charge is 0.340 e. The maximum absolute atomic E-state index is 12.3. The van der Waals surface area contributed by atoms with E-state index in [1.807, 2.05) is 6.07 Å². The van der Waals surface area contributed by atoms with Crippen LogP contribution in [0.15, 0.2) is 24.3 Å². The zero-order chi connectivity index (χ0) is 15.8. The summed E-state index contributed by atoms with van der Waals surface area (Å²) >= 11 is 1.79. The van der Waals surface area contributed by atoms with Crippen LogP contribution in [0.2, 0.25) is 0 Å². The molecule has 0 unspecified atom stereocenters. The normalized spacial score (nSPS) is 21.3. The molecule has 1 aromatic carbocycles. The first-order valence-corrected chi connectivity index (χ1v) is 9.42. The lowest BCUT2D eigenvalue weighted by atomic mass is 9.84. The molecule has 23 heavy (non-hydrogen) atoms. The second-order valence-electron chi connectivity index (χ2n) is 6.68. The van der Waals surface area contributed by atoms with Crippen molar-refractivity contribution in [3.8, 4) is 0 Å². The molecule has 1 aromatic heterocycles. The third-order valence-corrected chi connectivity index (χ3v) is 6.50. The number of rotatable bonds is 3. The van der Waals surface area contributed by atoms with Crippen LogP contribution in [0.3, 0.4) is 0 Å². The van der Waals surface area contributed by atoms with Crippen LogP contribution in [0.5, 0.6) is 0 Å². The summed E-state index contributed by atoms with van der Waals surface area (Å²) in [6.45, 7) is 5.88. The van der Waals surface area contributed by atoms with E-state index in [0.29, 0.717) is 17.9 Å². The number of carbonyl (C=O) groups excluding carboxylic acids is 1. The van der Waals surface area contributed by atoms with E-state index < -0.39 is 0 Å². The van der Waals surface area contributed by atoms with Gasteiger partial charge in [-0.05, 0) is 31.9 Å². The molecule has 1 aliphatic carbocycles. The molecule has 0 N–H and O–H groups in total. The maximum Gasteiger partial charge on any atom is 0.225 e. The van der Waals surface area contributed by atoms with Crippen LogP contribution in [0.1, 0.15) is 37.2 Å². The number of para-hydroxylation sites is 1. The molecule has 0 bridgehead atoms. The van der Waals surface area contributed by atoms with E-state index in [-0.39, 0.29) is 0 Å². The molecule has 0 radical (unpaired) electrons. The number of benzene rings is 1. The van der Waals surface area contributed by atoms with Crippen molar-refractivity contribution in [2.75, 3.05) is 26.2 Å². The van der Waals surface area contributed by atoms with Gasteiger partial charge in [-0.25, -0.2) is 4.98 Å². The lowest BCUT2D eigenvalue weighted by molar-refractivity contribution is -0.140. The number of nitrogens with zero attached hydrogens (tertiary/aromatic N) is 3. The van der Waals surface area contributed by atoms with Gasteiger partial charge < -0.3 is 4.90 Å². The van der Waals surface area contributed by atoms with Crippen molar-refractivity contribution >= 4 is 27.5 Å². The monoisotopic (exact) mass is 329 g/mol. The number of amides is 1. The van der Waals surface area contributed by atoms with Crippen LogP contribution >= 0.6 is 11.3 Å². The van der Waals surface area contributed by atoms with Gasteiger partial charge >= 0.3 is 0 Å². The molecule has 4 rings (SSSR count). The Bertz CT molecular complexity index is 668. The highest BCUT2D eigenvalue weighted by atomic mass is 32.1. The molecular formula is C18H23N3OS. The maximum atomic E-state index is 12.3. The first-order chi connectivity index (χ1) is 11.2. The molecule has 2 aliphatic rings. The van der Waals surface area contributed by atoms with Crippen LogP contribution in [-0.4, -0.2) is 46.9 Å². The standard InChI is InChI=1S/C18H23N3OS/c1-13(17-19-15-7-2-3-8-16(15)23-17)20-9-11-21(12-10-20)18(22)14-5-4-6-14/h2-3,7-8,13-14H,4-6,9-12H2,1H3/t13-/m1/s1. The van der Waals surface area contributed by atoms with Crippen LogP contribution in [0.25, 0.3) is 10.2 Å². The number of hydrogen-bond acceptors (Lipinski definition) is 4. The molecule has 1 atom stereocenters. The molecule has 1 amide bonds. The average Bonchev–Trinajstić information content (AvgIpc) is 2.96. The van der Waals surface area contributed by atoms with Crippen LogP contribution in [-0.2, 0) is 4.79 Å². The number of hydrogen-bond donors (Lipinski definition) is 0. The highest BCUT2D eigenvalue weighted by Crippen LogP contribution is 2.31. The summed E-state index contributed by atoms with van der Waals surface area (Å²) in [5.74, 6) is 0.715. The van der Waals surface area contributed by atoms with E-state index in [0.717, 1.165) is 44.5 Å². The molecule has 2 fully saturated rings. The van der Waals surface area contributed by atoms with Crippen LogP contribution < -0.4 is 0 Å². The minimum Gasteiger partial charge on any atom is -0.340 e. The van der Waals surface area contributed by atoms with Crippen LogP contribution in [0, 0.1) is 5.92 Å². The molecule has 2 aromatic rings. The fourth-order valence-electron chi connectivity index (χ4n) is 3.47. The van der Waals surface area contributed by atoms with Crippen molar-refractivity contribution in [1.82, 2.24) is 14.8 Å². The average molecular weight is 329 g/mol. The second-order valence-corrected chi connectivity index (χ2v) is 7.75. The fraction of sp³-hybridized carbons (Fsp3) is 0.556. The third kappa shape index (κ3) is 2.88. The Morgan fingerprint density at radius 2 is 1.96 bits per heavy atom. The number of fused-ring (bicyclic) bond motifs is 1. The first-order valence-electron chi connectivity index (χ1n) is 8.60. The van der Waals surface area contributed by atoms with Gasteiger partial charge in [0.15, 0.2) is 0 Å². The van der Waals surface area contributed by atoms with Gasteiger partial charge in [0.05, 0.1) is 16.3 Å². The van der Waals surface area contributed by atoms with E-state index in [4.69, 9.17) is 4.98 Å². The van der Waals surface area contributed by atoms with E-state index in [1.54, 1.807) is 11.3 Å². The number of aromatic nitrogens is 1. The Morgan fingerprint density at radius 3 is 2.61 bits per heavy atom. The summed E-state index contributed by atoms with van der Waals surface area (Å²) < 4.78 is 1.26. The fourth-order valence-corrected chi connectivity index (χ4v) is 4.52. The highest BCUT2D eigenvalue weighted by Gasteiger charge is 2.32. The predicted molar refractivity (Wildman–Crippen MR) is 93.5 cm³/mol. The summed E-state index contributed by atoms with van der Waals surface area (Å²) in [5, 5.41) is 1.19. The van der Waals surface area contributed by atoms with Crippen LogP contribution in [0.4, 0.5) is 0 Å². The van der Waals surface area contributed by atoms with Gasteiger partial charge in [0.25, 0.3) is 0 Å². The Balaban J connectivity index is 1.40. The van der Waals surface area contributed by atoms with Crippen molar-refractivity contribution < 1.29 is 4.79 Å². The molecule has 1 aliphatic heterocycles. The zero-order valence-electron chi connectivity index (χ0n) is 13.6. The quantitative estimate of drug-likeness (QED) is 0.867. The molecular weight excluding hydrogens is 306 g/mol. The van der Waals surface area contributed by atoms with Crippen molar-refractivity contribution in [2.24, 2.45) is 5.92 Å². The van der Waals surface area contributed by atoms with Crippen molar-refractivity contribution in [2.45, 2.75) is 32.2 Å². The van der Waals surface area contributed by atoms with Gasteiger partial charge in [0.2, 0.25) is 5.91 Å². The summed E-state index contributed by atoms with van der Waals surface area (Å²) in [6, 6.07) is 8.66. The lowest BCUT2D eigenvalue weighted by Crippen LogP contribution is -2.51. The molecule has 2 heterocycles. The summed E-state index contributed by atoms with van der Waals surface area (Å²) in [7, 11) is 0. The molecule has 4 nitrogen and oxygen atoms in total. The summed E-state index contributed by atoms with van der Waals surface area (Å²) in [6.07, 6.45) is 3.42. The van der Waals surface area contributed by atoms with E-state index in [1.165, 1.54) is 16.1 Å². The number of piperazine rings is 1. The first kappa shape index (κ1) is 15.1. The summed E-state index contributed by atoms with van der Waals surface area (Å²) in [4.78, 5) is 21.7. The molecule has 1 saturated heterocycles. The number of thiazole rings is 1. The smallest absolute Gasteiger partial charge is 0.225 e. The van der Waals surface area contributed by atoms with Gasteiger partial charge in [-0.3, -0.25) is 9.69 Å². The Kier molecular flexibility index (Phi) is 4.07. The van der Waals surface area contributed by atoms with E-state index in [2.05, 4.69) is 34.9 Å². The van der Waals surface area contributed by atoms with Gasteiger partial charge in [0.1, 0.15) is 5.01 Å². The Hall–Kier alpha value is -1.46. The van der Waals surface area contributed by atoms with Crippen molar-refractivity contribution in [1.29, 1.82) is 0 Å². The van der Waals surface area contributed by atoms with Gasteiger partial charge in [0, 0.05) is 32.1 Å². The Labute approximate surface area is 141 Å². The molecule has 122 valence electrons.